The van der Waals surface area contributed by atoms with Crippen LogP contribution in [0.2, 0.25) is 0 Å². The van der Waals surface area contributed by atoms with Gasteiger partial charge in [0.1, 0.15) is 0 Å². The van der Waals surface area contributed by atoms with Gasteiger partial charge in [0.2, 0.25) is 0 Å². The zero-order valence-electron chi connectivity index (χ0n) is 12.7. The van der Waals surface area contributed by atoms with Crippen LogP contribution in [0.15, 0.2) is 12.1 Å². The van der Waals surface area contributed by atoms with Crippen LogP contribution in [0.5, 0.6) is 0 Å². The summed E-state index contributed by atoms with van der Waals surface area (Å²) in [6.07, 6.45) is 0. The van der Waals surface area contributed by atoms with Crippen molar-refractivity contribution in [3.05, 3.63) is 34.4 Å². The molecule has 0 radical (unpaired) electrons. The third-order valence-electron chi connectivity index (χ3n) is 3.04. The summed E-state index contributed by atoms with van der Waals surface area (Å²) >= 11 is 0. The van der Waals surface area contributed by atoms with E-state index in [1.165, 1.54) is 22.3 Å². The molecule has 0 aliphatic rings. The molecule has 0 aliphatic carbocycles. The van der Waals surface area contributed by atoms with Gasteiger partial charge in [-0.1, -0.05) is 12.1 Å². The molecular formula is C15H27N3. The molecule has 0 amide bonds. The first kappa shape index (κ1) is 15.2. The molecule has 0 saturated heterocycles. The summed E-state index contributed by atoms with van der Waals surface area (Å²) in [5.41, 5.74) is 5.67. The molecule has 0 aromatic heterocycles. The average molecular weight is 249 g/mol. The fourth-order valence-corrected chi connectivity index (χ4v) is 2.23. The molecule has 102 valence electrons. The molecule has 1 N–H and O–H groups in total. The molecule has 3 nitrogen and oxygen atoms in total. The van der Waals surface area contributed by atoms with Crippen LogP contribution < -0.4 is 5.32 Å². The van der Waals surface area contributed by atoms with Gasteiger partial charge in [-0.3, -0.25) is 0 Å². The zero-order chi connectivity index (χ0) is 13.7. The number of hydrogen-bond acceptors (Lipinski definition) is 3. The Labute approximate surface area is 112 Å². The Balaban J connectivity index is 3.10. The lowest BCUT2D eigenvalue weighted by Crippen LogP contribution is -2.17. The number of nitrogens with zero attached hydrogens (tertiary/aromatic N) is 2. The van der Waals surface area contributed by atoms with Gasteiger partial charge in [0, 0.05) is 19.6 Å². The van der Waals surface area contributed by atoms with Crippen molar-refractivity contribution in [3.63, 3.8) is 0 Å². The van der Waals surface area contributed by atoms with Crippen molar-refractivity contribution >= 4 is 0 Å². The van der Waals surface area contributed by atoms with Gasteiger partial charge in [-0.25, -0.2) is 0 Å². The molecule has 0 spiro atoms. The van der Waals surface area contributed by atoms with Crippen molar-refractivity contribution in [2.45, 2.75) is 26.6 Å². The SMILES string of the molecule is CNCc1cc(CN(C)C)c(C)c(CN(C)C)c1. The van der Waals surface area contributed by atoms with Crippen LogP contribution in [-0.4, -0.2) is 45.0 Å². The van der Waals surface area contributed by atoms with Crippen molar-refractivity contribution < 1.29 is 0 Å². The van der Waals surface area contributed by atoms with Gasteiger partial charge in [0.25, 0.3) is 0 Å². The Bertz CT molecular complexity index is 352. The highest BCUT2D eigenvalue weighted by Crippen LogP contribution is 2.19. The van der Waals surface area contributed by atoms with Gasteiger partial charge < -0.3 is 15.1 Å². The van der Waals surface area contributed by atoms with Crippen LogP contribution in [0.4, 0.5) is 0 Å². The maximum Gasteiger partial charge on any atom is 0.0230 e. The fourth-order valence-electron chi connectivity index (χ4n) is 2.23. The normalized spacial score (nSPS) is 11.6. The molecule has 18 heavy (non-hydrogen) atoms. The van der Waals surface area contributed by atoms with Crippen molar-refractivity contribution in [2.24, 2.45) is 0 Å². The molecule has 0 bridgehead atoms. The maximum absolute atomic E-state index is 3.24. The zero-order valence-corrected chi connectivity index (χ0v) is 12.7. The predicted octanol–water partition coefficient (Wildman–Crippen LogP) is 1.84. The summed E-state index contributed by atoms with van der Waals surface area (Å²) in [5.74, 6) is 0. The highest BCUT2D eigenvalue weighted by molar-refractivity contribution is 5.38. The van der Waals surface area contributed by atoms with Gasteiger partial charge in [0.15, 0.2) is 0 Å². The highest BCUT2D eigenvalue weighted by Gasteiger charge is 2.09. The topological polar surface area (TPSA) is 18.5 Å². The highest BCUT2D eigenvalue weighted by atomic mass is 15.1. The van der Waals surface area contributed by atoms with Gasteiger partial charge in [-0.2, -0.15) is 0 Å². The van der Waals surface area contributed by atoms with Gasteiger partial charge in [-0.05, 0) is 64.4 Å². The van der Waals surface area contributed by atoms with Crippen LogP contribution in [-0.2, 0) is 19.6 Å². The predicted molar refractivity (Wildman–Crippen MR) is 78.7 cm³/mol. The quantitative estimate of drug-likeness (QED) is 0.830. The number of nitrogens with one attached hydrogen (secondary N) is 1. The first-order valence-electron chi connectivity index (χ1n) is 6.49. The minimum absolute atomic E-state index is 0.932. The lowest BCUT2D eigenvalue weighted by Gasteiger charge is -2.19. The van der Waals surface area contributed by atoms with E-state index in [4.69, 9.17) is 0 Å². The van der Waals surface area contributed by atoms with E-state index in [-0.39, 0.29) is 0 Å². The summed E-state index contributed by atoms with van der Waals surface area (Å²) in [5, 5.41) is 3.24. The van der Waals surface area contributed by atoms with Crippen molar-refractivity contribution in [2.75, 3.05) is 35.2 Å². The Morgan fingerprint density at radius 2 is 1.39 bits per heavy atom. The van der Waals surface area contributed by atoms with E-state index in [9.17, 15) is 0 Å². The third kappa shape index (κ3) is 4.41. The van der Waals surface area contributed by atoms with Crippen LogP contribution in [0.3, 0.4) is 0 Å². The number of benzene rings is 1. The first-order chi connectivity index (χ1) is 8.43. The standard InChI is InChI=1S/C15H27N3/c1-12-14(10-17(3)4)7-13(9-16-2)8-15(12)11-18(5)6/h7-8,16H,9-11H2,1-6H3. The molecule has 0 saturated carbocycles. The lowest BCUT2D eigenvalue weighted by molar-refractivity contribution is 0.393. The number of hydrogen-bond donors (Lipinski definition) is 1. The van der Waals surface area contributed by atoms with Crippen LogP contribution in [0.1, 0.15) is 22.3 Å². The Morgan fingerprint density at radius 3 is 1.72 bits per heavy atom. The van der Waals surface area contributed by atoms with Crippen molar-refractivity contribution in [1.82, 2.24) is 15.1 Å². The lowest BCUT2D eigenvalue weighted by atomic mass is 9.97. The summed E-state index contributed by atoms with van der Waals surface area (Å²) in [6.45, 7) is 5.18. The van der Waals surface area contributed by atoms with Gasteiger partial charge in [-0.15, -0.1) is 0 Å². The monoisotopic (exact) mass is 249 g/mol. The van der Waals surface area contributed by atoms with Crippen LogP contribution in [0.25, 0.3) is 0 Å². The van der Waals surface area contributed by atoms with Gasteiger partial charge in [0.05, 0.1) is 0 Å². The minimum atomic E-state index is 0.932. The minimum Gasteiger partial charge on any atom is -0.316 e. The summed E-state index contributed by atoms with van der Waals surface area (Å²) < 4.78 is 0. The fraction of sp³-hybridized carbons (Fsp3) is 0.600. The molecule has 0 heterocycles. The van der Waals surface area contributed by atoms with E-state index in [1.807, 2.05) is 7.05 Å². The molecule has 0 aliphatic heterocycles. The van der Waals surface area contributed by atoms with E-state index in [1.54, 1.807) is 0 Å². The second-order valence-corrected chi connectivity index (χ2v) is 5.54. The van der Waals surface area contributed by atoms with Crippen LogP contribution in [0, 0.1) is 6.92 Å². The molecule has 3 heteroatoms. The second-order valence-electron chi connectivity index (χ2n) is 5.54. The molecule has 0 unspecified atom stereocenters. The molecule has 1 aromatic carbocycles. The van der Waals surface area contributed by atoms with Crippen LogP contribution >= 0.6 is 0 Å². The molecule has 1 rings (SSSR count). The van der Waals surface area contributed by atoms with Crippen molar-refractivity contribution in [1.29, 1.82) is 0 Å². The van der Waals surface area contributed by atoms with Gasteiger partial charge >= 0.3 is 0 Å². The maximum atomic E-state index is 3.24. The Kier molecular flexibility index (Phi) is 5.79. The summed E-state index contributed by atoms with van der Waals surface area (Å²) in [6, 6.07) is 4.65. The average Bonchev–Trinajstić information content (AvgIpc) is 2.23. The second kappa shape index (κ2) is 6.88. The van der Waals surface area contributed by atoms with E-state index >= 15 is 0 Å². The van der Waals surface area contributed by atoms with E-state index in [0.29, 0.717) is 0 Å². The van der Waals surface area contributed by atoms with E-state index in [2.05, 4.69) is 62.4 Å². The van der Waals surface area contributed by atoms with Crippen molar-refractivity contribution in [3.8, 4) is 0 Å². The van der Waals surface area contributed by atoms with E-state index in [0.717, 1.165) is 19.6 Å². The summed E-state index contributed by atoms with van der Waals surface area (Å²) in [4.78, 5) is 4.45. The molecular weight excluding hydrogens is 222 g/mol. The molecule has 0 fully saturated rings. The molecule has 1 aromatic rings. The van der Waals surface area contributed by atoms with E-state index < -0.39 is 0 Å². The third-order valence-corrected chi connectivity index (χ3v) is 3.04. The largest absolute Gasteiger partial charge is 0.316 e. The Morgan fingerprint density at radius 1 is 0.944 bits per heavy atom. The number of rotatable bonds is 6. The first-order valence-corrected chi connectivity index (χ1v) is 6.49. The summed E-state index contributed by atoms with van der Waals surface area (Å²) in [7, 11) is 10.5. The molecule has 0 atom stereocenters. The Hall–Kier alpha value is -0.900. The smallest absolute Gasteiger partial charge is 0.0230 e.